The maximum Gasteiger partial charge on any atom is 0.160 e. The maximum absolute atomic E-state index is 9.89. The molecule has 1 heterocycles. The number of rotatable bonds is 7. The lowest BCUT2D eigenvalue weighted by Crippen LogP contribution is -2.34. The van der Waals surface area contributed by atoms with Crippen LogP contribution < -0.4 is 10.1 Å². The van der Waals surface area contributed by atoms with Crippen LogP contribution in [0.1, 0.15) is 30.0 Å². The maximum atomic E-state index is 9.89. The molecule has 0 radical (unpaired) electrons. The fourth-order valence-electron chi connectivity index (χ4n) is 3.38. The molecular formula is C20H26N2O2. The first kappa shape index (κ1) is 16.8. The molecule has 1 aliphatic rings. The molecule has 3 rings (SSSR count). The highest BCUT2D eigenvalue weighted by molar-refractivity contribution is 5.41. The molecule has 4 nitrogen and oxygen atoms in total. The fraction of sp³-hybridized carbons (Fsp3) is 0.400. The lowest BCUT2D eigenvalue weighted by atomic mass is 10.1. The zero-order valence-corrected chi connectivity index (χ0v) is 14.2. The molecular weight excluding hydrogens is 300 g/mol. The minimum absolute atomic E-state index is 0.191. The fourth-order valence-corrected chi connectivity index (χ4v) is 3.38. The van der Waals surface area contributed by atoms with E-state index in [1.165, 1.54) is 31.5 Å². The van der Waals surface area contributed by atoms with Gasteiger partial charge in [0, 0.05) is 19.1 Å². The molecule has 0 saturated carbocycles. The van der Waals surface area contributed by atoms with Crippen molar-refractivity contribution >= 4 is 0 Å². The SMILES string of the molecule is COc1ccc(CNC[C@@H](c2ccccc2)N2CCCC2)cc1O. The molecule has 4 heteroatoms. The summed E-state index contributed by atoms with van der Waals surface area (Å²) in [6.07, 6.45) is 2.57. The molecule has 2 aromatic rings. The van der Waals surface area contributed by atoms with Gasteiger partial charge in [-0.3, -0.25) is 4.90 Å². The molecule has 0 unspecified atom stereocenters. The molecule has 0 amide bonds. The molecule has 1 fully saturated rings. The Morgan fingerprint density at radius 2 is 1.88 bits per heavy atom. The molecule has 128 valence electrons. The average molecular weight is 326 g/mol. The van der Waals surface area contributed by atoms with Crippen molar-refractivity contribution in [2.75, 3.05) is 26.7 Å². The van der Waals surface area contributed by atoms with E-state index in [4.69, 9.17) is 4.74 Å². The first-order valence-electron chi connectivity index (χ1n) is 8.63. The van der Waals surface area contributed by atoms with Gasteiger partial charge < -0.3 is 15.2 Å². The largest absolute Gasteiger partial charge is 0.504 e. The van der Waals surface area contributed by atoms with Gasteiger partial charge in [0.2, 0.25) is 0 Å². The van der Waals surface area contributed by atoms with E-state index < -0.39 is 0 Å². The van der Waals surface area contributed by atoms with E-state index in [9.17, 15) is 5.11 Å². The van der Waals surface area contributed by atoms with Crippen LogP contribution in [0.4, 0.5) is 0 Å². The summed E-state index contributed by atoms with van der Waals surface area (Å²) in [6.45, 7) is 3.97. The second-order valence-corrected chi connectivity index (χ2v) is 6.31. The lowest BCUT2D eigenvalue weighted by molar-refractivity contribution is 0.238. The van der Waals surface area contributed by atoms with Crippen LogP contribution in [0.25, 0.3) is 0 Å². The number of likely N-dealkylation sites (tertiary alicyclic amines) is 1. The smallest absolute Gasteiger partial charge is 0.160 e. The predicted molar refractivity (Wildman–Crippen MR) is 96.4 cm³/mol. The van der Waals surface area contributed by atoms with Gasteiger partial charge in [-0.05, 0) is 49.2 Å². The highest BCUT2D eigenvalue weighted by atomic mass is 16.5. The van der Waals surface area contributed by atoms with E-state index in [1.807, 2.05) is 12.1 Å². The highest BCUT2D eigenvalue weighted by Gasteiger charge is 2.22. The molecule has 1 atom stereocenters. The predicted octanol–water partition coefficient (Wildman–Crippen LogP) is 3.33. The quantitative estimate of drug-likeness (QED) is 0.819. The summed E-state index contributed by atoms with van der Waals surface area (Å²) in [6, 6.07) is 16.7. The monoisotopic (exact) mass is 326 g/mol. The summed E-state index contributed by atoms with van der Waals surface area (Å²) in [5.74, 6) is 0.703. The number of aromatic hydroxyl groups is 1. The van der Waals surface area contributed by atoms with Gasteiger partial charge >= 0.3 is 0 Å². The average Bonchev–Trinajstić information content (AvgIpc) is 3.14. The third kappa shape index (κ3) is 4.08. The number of benzene rings is 2. The van der Waals surface area contributed by atoms with Crippen LogP contribution in [-0.2, 0) is 6.54 Å². The minimum atomic E-state index is 0.191. The zero-order valence-electron chi connectivity index (χ0n) is 14.2. The van der Waals surface area contributed by atoms with Crippen molar-refractivity contribution in [3.05, 3.63) is 59.7 Å². The van der Waals surface area contributed by atoms with Crippen LogP contribution in [-0.4, -0.2) is 36.8 Å². The van der Waals surface area contributed by atoms with Crippen molar-refractivity contribution in [3.63, 3.8) is 0 Å². The number of nitrogens with zero attached hydrogens (tertiary/aromatic N) is 1. The van der Waals surface area contributed by atoms with Gasteiger partial charge in [0.15, 0.2) is 11.5 Å². The number of phenols is 1. The first-order chi connectivity index (χ1) is 11.8. The van der Waals surface area contributed by atoms with Crippen molar-refractivity contribution in [2.45, 2.75) is 25.4 Å². The summed E-state index contributed by atoms with van der Waals surface area (Å²) < 4.78 is 5.09. The Morgan fingerprint density at radius 3 is 2.54 bits per heavy atom. The summed E-state index contributed by atoms with van der Waals surface area (Å²) in [7, 11) is 1.56. The number of hydrogen-bond acceptors (Lipinski definition) is 4. The van der Waals surface area contributed by atoms with E-state index >= 15 is 0 Å². The Hall–Kier alpha value is -2.04. The Labute approximate surface area is 144 Å². The molecule has 1 saturated heterocycles. The van der Waals surface area contributed by atoms with E-state index in [-0.39, 0.29) is 5.75 Å². The third-order valence-electron chi connectivity index (χ3n) is 4.68. The minimum Gasteiger partial charge on any atom is -0.504 e. The van der Waals surface area contributed by atoms with Gasteiger partial charge in [0.1, 0.15) is 0 Å². The van der Waals surface area contributed by atoms with E-state index in [1.54, 1.807) is 13.2 Å². The van der Waals surface area contributed by atoms with Crippen molar-refractivity contribution in [1.82, 2.24) is 10.2 Å². The van der Waals surface area contributed by atoms with Crippen LogP contribution in [0.3, 0.4) is 0 Å². The van der Waals surface area contributed by atoms with Gasteiger partial charge in [0.25, 0.3) is 0 Å². The second kappa shape index (κ2) is 8.18. The summed E-state index contributed by atoms with van der Waals surface area (Å²) in [5, 5.41) is 13.4. The van der Waals surface area contributed by atoms with Gasteiger partial charge in [0.05, 0.1) is 7.11 Å². The molecule has 2 N–H and O–H groups in total. The standard InChI is InChI=1S/C20H26N2O2/c1-24-20-10-9-16(13-19(20)23)14-21-15-18(22-11-5-6-12-22)17-7-3-2-4-8-17/h2-4,7-10,13,18,21,23H,5-6,11-12,14-15H2,1H3/t18-/m0/s1. The Kier molecular flexibility index (Phi) is 5.72. The Morgan fingerprint density at radius 1 is 1.12 bits per heavy atom. The van der Waals surface area contributed by atoms with E-state index in [0.717, 1.165) is 18.7 Å². The van der Waals surface area contributed by atoms with Crippen molar-refractivity contribution in [1.29, 1.82) is 0 Å². The summed E-state index contributed by atoms with van der Waals surface area (Å²) in [5.41, 5.74) is 2.42. The van der Waals surface area contributed by atoms with Crippen molar-refractivity contribution in [3.8, 4) is 11.5 Å². The Bertz CT molecular complexity index is 639. The van der Waals surface area contributed by atoms with Crippen LogP contribution in [0.15, 0.2) is 48.5 Å². The third-order valence-corrected chi connectivity index (χ3v) is 4.68. The first-order valence-corrected chi connectivity index (χ1v) is 8.63. The number of hydrogen-bond donors (Lipinski definition) is 2. The second-order valence-electron chi connectivity index (χ2n) is 6.31. The van der Waals surface area contributed by atoms with Crippen molar-refractivity contribution in [2.24, 2.45) is 0 Å². The van der Waals surface area contributed by atoms with Gasteiger partial charge in [-0.15, -0.1) is 0 Å². The van der Waals surface area contributed by atoms with E-state index in [2.05, 4.69) is 40.5 Å². The zero-order chi connectivity index (χ0) is 16.8. The number of ether oxygens (including phenoxy) is 1. The number of nitrogens with one attached hydrogen (secondary N) is 1. The molecule has 0 spiro atoms. The Balaban J connectivity index is 1.62. The van der Waals surface area contributed by atoms with Gasteiger partial charge in [-0.1, -0.05) is 36.4 Å². The summed E-state index contributed by atoms with van der Waals surface area (Å²) in [4.78, 5) is 2.56. The van der Waals surface area contributed by atoms with Crippen LogP contribution in [0, 0.1) is 0 Å². The molecule has 2 aromatic carbocycles. The molecule has 0 aliphatic carbocycles. The summed E-state index contributed by atoms with van der Waals surface area (Å²) >= 11 is 0. The van der Waals surface area contributed by atoms with Gasteiger partial charge in [-0.25, -0.2) is 0 Å². The molecule has 0 aromatic heterocycles. The molecule has 1 aliphatic heterocycles. The molecule has 0 bridgehead atoms. The van der Waals surface area contributed by atoms with Crippen molar-refractivity contribution < 1.29 is 9.84 Å². The number of methoxy groups -OCH3 is 1. The normalized spacial score (nSPS) is 16.2. The van der Waals surface area contributed by atoms with Crippen LogP contribution in [0.5, 0.6) is 11.5 Å². The highest BCUT2D eigenvalue weighted by Crippen LogP contribution is 2.27. The topological polar surface area (TPSA) is 44.7 Å². The number of phenolic OH excluding ortho intramolecular Hbond substituents is 1. The lowest BCUT2D eigenvalue weighted by Gasteiger charge is -2.28. The van der Waals surface area contributed by atoms with E-state index in [0.29, 0.717) is 11.8 Å². The molecule has 24 heavy (non-hydrogen) atoms. The van der Waals surface area contributed by atoms with Gasteiger partial charge in [-0.2, -0.15) is 0 Å². The van der Waals surface area contributed by atoms with Crippen LogP contribution in [0.2, 0.25) is 0 Å². The van der Waals surface area contributed by atoms with Crippen LogP contribution >= 0.6 is 0 Å².